The molecule has 0 saturated carbocycles. The maximum Gasteiger partial charge on any atom is 0.223 e. The van der Waals surface area contributed by atoms with E-state index in [-0.39, 0.29) is 5.96 Å². The summed E-state index contributed by atoms with van der Waals surface area (Å²) < 4.78 is 2.12. The maximum atomic E-state index is 10.1. The first-order valence-electron chi connectivity index (χ1n) is 15.7. The van der Waals surface area contributed by atoms with E-state index >= 15 is 0 Å². The van der Waals surface area contributed by atoms with Gasteiger partial charge in [0.2, 0.25) is 11.9 Å². The fourth-order valence-electron chi connectivity index (χ4n) is 6.61. The molecule has 1 aromatic heterocycles. The Balaban J connectivity index is 1.45. The Kier molecular flexibility index (Phi) is 6.89. The molecule has 226 valence electrons. The average Bonchev–Trinajstić information content (AvgIpc) is 3.45. The smallest absolute Gasteiger partial charge is 0.223 e. The number of fused-ring (bicyclic) bond motifs is 5. The summed E-state index contributed by atoms with van der Waals surface area (Å²) in [6, 6.07) is 42.7. The van der Waals surface area contributed by atoms with Crippen LogP contribution in [0.15, 0.2) is 145 Å². The van der Waals surface area contributed by atoms with Gasteiger partial charge < -0.3 is 4.90 Å². The molecule has 0 atom stereocenters. The molecule has 2 aliphatic rings. The number of hydrogen-bond donors (Lipinski definition) is 1. The van der Waals surface area contributed by atoms with Gasteiger partial charge in [-0.3, -0.25) is 14.9 Å². The largest absolute Gasteiger partial charge is 0.312 e. The second kappa shape index (κ2) is 11.5. The van der Waals surface area contributed by atoms with Gasteiger partial charge in [0.15, 0.2) is 0 Å². The summed E-state index contributed by atoms with van der Waals surface area (Å²) in [5.74, 6) is 0.791. The van der Waals surface area contributed by atoms with Gasteiger partial charge >= 0.3 is 0 Å². The summed E-state index contributed by atoms with van der Waals surface area (Å²) in [5.41, 5.74) is 9.61. The lowest BCUT2D eigenvalue weighted by molar-refractivity contribution is 0.916. The molecular formula is C40H31N7. The molecule has 0 radical (unpaired) electrons. The predicted molar refractivity (Wildman–Crippen MR) is 190 cm³/mol. The highest BCUT2D eigenvalue weighted by Gasteiger charge is 2.36. The van der Waals surface area contributed by atoms with Gasteiger partial charge in [0, 0.05) is 11.4 Å². The summed E-state index contributed by atoms with van der Waals surface area (Å²) in [7, 11) is 0. The number of guanidine groups is 1. The number of rotatable bonds is 5. The van der Waals surface area contributed by atoms with Crippen molar-refractivity contribution >= 4 is 51.4 Å². The Morgan fingerprint density at radius 1 is 0.766 bits per heavy atom. The Labute approximate surface area is 273 Å². The first-order chi connectivity index (χ1) is 23.1. The van der Waals surface area contributed by atoms with Gasteiger partial charge in [0.05, 0.1) is 51.1 Å². The van der Waals surface area contributed by atoms with Crippen LogP contribution in [0.25, 0.3) is 16.7 Å². The predicted octanol–water partition coefficient (Wildman–Crippen LogP) is 9.80. The van der Waals surface area contributed by atoms with E-state index in [1.165, 1.54) is 5.70 Å². The van der Waals surface area contributed by atoms with E-state index in [4.69, 9.17) is 4.98 Å². The molecule has 0 amide bonds. The number of aryl methyl sites for hydroxylation is 1. The zero-order chi connectivity index (χ0) is 31.9. The van der Waals surface area contributed by atoms with Gasteiger partial charge in [0.25, 0.3) is 0 Å². The monoisotopic (exact) mass is 609 g/mol. The molecule has 0 fully saturated rings. The lowest BCUT2D eigenvalue weighted by atomic mass is 10.1. The molecule has 0 spiro atoms. The third-order valence-electron chi connectivity index (χ3n) is 8.77. The van der Waals surface area contributed by atoms with E-state index in [2.05, 4.69) is 76.2 Å². The second-order valence-corrected chi connectivity index (χ2v) is 11.6. The number of anilines is 6. The van der Waals surface area contributed by atoms with Crippen molar-refractivity contribution in [2.75, 3.05) is 14.7 Å². The zero-order valence-corrected chi connectivity index (χ0v) is 25.9. The highest BCUT2D eigenvalue weighted by Crippen LogP contribution is 2.47. The minimum absolute atomic E-state index is 0.197. The molecule has 8 rings (SSSR count). The highest BCUT2D eigenvalue weighted by molar-refractivity contribution is 6.18. The second-order valence-electron chi connectivity index (χ2n) is 11.6. The van der Waals surface area contributed by atoms with Gasteiger partial charge in [0.1, 0.15) is 0 Å². The fourth-order valence-corrected chi connectivity index (χ4v) is 6.61. The number of imidazole rings is 1. The summed E-state index contributed by atoms with van der Waals surface area (Å²) >= 11 is 0. The standard InChI is InChI=1S/C40H31N7/c1-28-14-8-10-20-33(28)45-38-26-29(27-41)24-25-37(38)46-34-21-11-9-19-32(34)43-40(46)47(39(45)42)36-23-13-12-22-35(36)44(30-15-4-2-5-16-30)31-17-6-3-7-18-31/h2-6,8-17,19-26,42H,7,18H2,1H3. The normalized spacial score (nSPS) is 13.9. The number of hydrogen-bond acceptors (Lipinski definition) is 4. The molecule has 0 unspecified atom stereocenters. The molecule has 1 aliphatic heterocycles. The van der Waals surface area contributed by atoms with Crippen LogP contribution in [0.3, 0.4) is 0 Å². The van der Waals surface area contributed by atoms with Crippen molar-refractivity contribution < 1.29 is 0 Å². The number of allylic oxidation sites excluding steroid dienone is 4. The quantitative estimate of drug-likeness (QED) is 0.211. The van der Waals surface area contributed by atoms with Gasteiger partial charge in [-0.05, 0) is 92.1 Å². The number of benzene rings is 5. The summed E-state index contributed by atoms with van der Waals surface area (Å²) in [5, 5.41) is 20.1. The Bertz CT molecular complexity index is 2270. The summed E-state index contributed by atoms with van der Waals surface area (Å²) in [6.45, 7) is 2.05. The molecule has 0 saturated heterocycles. The van der Waals surface area contributed by atoms with Crippen LogP contribution in [-0.4, -0.2) is 15.5 Å². The van der Waals surface area contributed by atoms with Crippen molar-refractivity contribution in [2.45, 2.75) is 19.8 Å². The third-order valence-corrected chi connectivity index (χ3v) is 8.77. The molecule has 2 heterocycles. The number of nitrogens with zero attached hydrogens (tertiary/aromatic N) is 6. The number of nitriles is 1. The first-order valence-corrected chi connectivity index (χ1v) is 15.7. The molecule has 47 heavy (non-hydrogen) atoms. The zero-order valence-electron chi connectivity index (χ0n) is 25.9. The molecule has 6 aromatic rings. The van der Waals surface area contributed by atoms with Crippen LogP contribution in [0.5, 0.6) is 0 Å². The number of para-hydroxylation sites is 6. The van der Waals surface area contributed by atoms with Crippen molar-refractivity contribution in [2.24, 2.45) is 0 Å². The van der Waals surface area contributed by atoms with E-state index in [0.717, 1.165) is 63.6 Å². The van der Waals surface area contributed by atoms with Crippen LogP contribution in [0.2, 0.25) is 0 Å². The number of nitrogens with one attached hydrogen (secondary N) is 1. The summed E-state index contributed by atoms with van der Waals surface area (Å²) in [4.78, 5) is 11.4. The van der Waals surface area contributed by atoms with E-state index in [0.29, 0.717) is 11.5 Å². The van der Waals surface area contributed by atoms with Crippen LogP contribution in [-0.2, 0) is 0 Å². The van der Waals surface area contributed by atoms with Crippen molar-refractivity contribution in [1.29, 1.82) is 10.7 Å². The topological polar surface area (TPSA) is 75.2 Å². The van der Waals surface area contributed by atoms with Crippen molar-refractivity contribution in [3.05, 3.63) is 156 Å². The first kappa shape index (κ1) is 28.1. The van der Waals surface area contributed by atoms with Crippen LogP contribution < -0.4 is 14.7 Å². The lowest BCUT2D eigenvalue weighted by Gasteiger charge is -2.35. The molecule has 7 nitrogen and oxygen atoms in total. The van der Waals surface area contributed by atoms with Crippen LogP contribution in [0.1, 0.15) is 24.0 Å². The fraction of sp³-hybridized carbons (Fsp3) is 0.0750. The van der Waals surface area contributed by atoms with E-state index in [9.17, 15) is 10.7 Å². The molecule has 5 aromatic carbocycles. The molecule has 1 N–H and O–H groups in total. The third kappa shape index (κ3) is 4.66. The van der Waals surface area contributed by atoms with Gasteiger partial charge in [-0.2, -0.15) is 5.26 Å². The average molecular weight is 610 g/mol. The Morgan fingerprint density at radius 2 is 1.51 bits per heavy atom. The highest BCUT2D eigenvalue weighted by atomic mass is 15.5. The van der Waals surface area contributed by atoms with Crippen LogP contribution in [0.4, 0.5) is 34.4 Å². The van der Waals surface area contributed by atoms with Gasteiger partial charge in [-0.1, -0.05) is 72.8 Å². The summed E-state index contributed by atoms with van der Waals surface area (Å²) in [6.07, 6.45) is 8.32. The van der Waals surface area contributed by atoms with Crippen LogP contribution >= 0.6 is 0 Å². The van der Waals surface area contributed by atoms with Gasteiger partial charge in [-0.25, -0.2) is 9.88 Å². The van der Waals surface area contributed by atoms with E-state index in [1.54, 1.807) is 0 Å². The van der Waals surface area contributed by atoms with E-state index < -0.39 is 0 Å². The minimum atomic E-state index is 0.197. The maximum absolute atomic E-state index is 10.1. The molecule has 7 heteroatoms. The molecule has 0 bridgehead atoms. The number of aromatic nitrogens is 2. The molecular weight excluding hydrogens is 578 g/mol. The SMILES string of the molecule is Cc1ccccc1N1C(=N)N(c2ccccc2N(C2=CC=CCC2)c2ccccc2)c2nc3ccccc3n2-c2ccc(C#N)cc21. The van der Waals surface area contributed by atoms with Crippen molar-refractivity contribution in [3.8, 4) is 11.8 Å². The Hall–Kier alpha value is -6.39. The van der Waals surface area contributed by atoms with Crippen LogP contribution in [0, 0.1) is 23.7 Å². The van der Waals surface area contributed by atoms with Gasteiger partial charge in [-0.15, -0.1) is 0 Å². The van der Waals surface area contributed by atoms with Crippen molar-refractivity contribution in [3.63, 3.8) is 0 Å². The van der Waals surface area contributed by atoms with E-state index in [1.807, 2.05) is 95.6 Å². The molecule has 1 aliphatic carbocycles. The Morgan fingerprint density at radius 3 is 2.30 bits per heavy atom. The minimum Gasteiger partial charge on any atom is -0.312 e. The van der Waals surface area contributed by atoms with Crippen molar-refractivity contribution in [1.82, 2.24) is 9.55 Å². The lowest BCUT2D eigenvalue weighted by Crippen LogP contribution is -2.39.